The maximum atomic E-state index is 10.9. The number of nitrogens with zero attached hydrogens (tertiary/aromatic N) is 2. The first-order valence-corrected chi connectivity index (χ1v) is 3.79. The fourth-order valence-electron chi connectivity index (χ4n) is 0.880. The van der Waals surface area contributed by atoms with Gasteiger partial charge in [0.25, 0.3) is 0 Å². The topological polar surface area (TPSA) is 50.2 Å². The molecule has 5 heteroatoms. The van der Waals surface area contributed by atoms with E-state index in [0.717, 1.165) is 4.47 Å². The third-order valence-corrected chi connectivity index (χ3v) is 1.87. The highest BCUT2D eigenvalue weighted by molar-refractivity contribution is 9.10. The molecular weight excluding hydrogens is 210 g/mol. The fourth-order valence-corrected chi connectivity index (χ4v) is 1.20. The van der Waals surface area contributed by atoms with Crippen LogP contribution in [0.25, 0.3) is 5.65 Å². The second-order valence-electron chi connectivity index (χ2n) is 2.10. The van der Waals surface area contributed by atoms with Gasteiger partial charge in [0, 0.05) is 10.7 Å². The van der Waals surface area contributed by atoms with Gasteiger partial charge >= 0.3 is 5.69 Å². The van der Waals surface area contributed by atoms with E-state index in [1.807, 2.05) is 0 Å². The van der Waals surface area contributed by atoms with Crippen molar-refractivity contribution in [3.63, 3.8) is 0 Å². The third-order valence-electron chi connectivity index (χ3n) is 1.38. The summed E-state index contributed by atoms with van der Waals surface area (Å²) in [4.78, 5) is 10.9. The van der Waals surface area contributed by atoms with E-state index in [1.54, 1.807) is 18.3 Å². The molecule has 4 nitrogen and oxygen atoms in total. The summed E-state index contributed by atoms with van der Waals surface area (Å²) >= 11 is 3.27. The SMILES string of the molecule is O=c1[nH]nc2cc(Br)ccn12. The summed E-state index contributed by atoms with van der Waals surface area (Å²) in [6.07, 6.45) is 1.66. The minimum atomic E-state index is -0.215. The number of nitrogens with one attached hydrogen (secondary N) is 1. The molecule has 2 rings (SSSR count). The molecule has 0 aliphatic heterocycles. The van der Waals surface area contributed by atoms with Crippen LogP contribution in [0.1, 0.15) is 0 Å². The van der Waals surface area contributed by atoms with Gasteiger partial charge in [0.05, 0.1) is 0 Å². The van der Waals surface area contributed by atoms with Crippen molar-refractivity contribution in [2.75, 3.05) is 0 Å². The molecule has 0 saturated heterocycles. The molecule has 0 bridgehead atoms. The van der Waals surface area contributed by atoms with E-state index in [9.17, 15) is 4.79 Å². The number of H-pyrrole nitrogens is 1. The molecule has 0 radical (unpaired) electrons. The summed E-state index contributed by atoms with van der Waals surface area (Å²) in [5, 5.41) is 6.11. The monoisotopic (exact) mass is 213 g/mol. The number of aromatic amines is 1. The predicted molar refractivity (Wildman–Crippen MR) is 43.5 cm³/mol. The third kappa shape index (κ3) is 0.970. The predicted octanol–water partition coefficient (Wildman–Crippen LogP) is 0.785. The van der Waals surface area contributed by atoms with Crippen molar-refractivity contribution in [2.24, 2.45) is 0 Å². The maximum absolute atomic E-state index is 10.9. The Hall–Kier alpha value is -1.10. The summed E-state index contributed by atoms with van der Waals surface area (Å²) < 4.78 is 2.34. The smallest absolute Gasteiger partial charge is 0.250 e. The molecule has 56 valence electrons. The molecule has 1 N–H and O–H groups in total. The van der Waals surface area contributed by atoms with E-state index in [0.29, 0.717) is 5.65 Å². The van der Waals surface area contributed by atoms with Gasteiger partial charge in [0.15, 0.2) is 5.65 Å². The van der Waals surface area contributed by atoms with Crippen LogP contribution in [0, 0.1) is 0 Å². The van der Waals surface area contributed by atoms with Crippen LogP contribution in [0.5, 0.6) is 0 Å². The summed E-state index contributed by atoms with van der Waals surface area (Å²) in [7, 11) is 0. The highest BCUT2D eigenvalue weighted by Crippen LogP contribution is 2.08. The van der Waals surface area contributed by atoms with Crippen molar-refractivity contribution >= 4 is 21.6 Å². The van der Waals surface area contributed by atoms with Crippen LogP contribution in [0.3, 0.4) is 0 Å². The van der Waals surface area contributed by atoms with Gasteiger partial charge in [0.2, 0.25) is 0 Å². The Balaban J connectivity index is 2.97. The van der Waals surface area contributed by atoms with Gasteiger partial charge in [0.1, 0.15) is 0 Å². The Labute approximate surface area is 70.0 Å². The Morgan fingerprint density at radius 3 is 3.27 bits per heavy atom. The largest absolute Gasteiger partial charge is 0.347 e. The fraction of sp³-hybridized carbons (Fsp3) is 0. The number of fused-ring (bicyclic) bond motifs is 1. The number of aromatic nitrogens is 3. The lowest BCUT2D eigenvalue weighted by molar-refractivity contribution is 1.02. The zero-order valence-electron chi connectivity index (χ0n) is 5.41. The van der Waals surface area contributed by atoms with Gasteiger partial charge < -0.3 is 0 Å². The molecule has 2 heterocycles. The van der Waals surface area contributed by atoms with Crippen molar-refractivity contribution < 1.29 is 0 Å². The highest BCUT2D eigenvalue weighted by Gasteiger charge is 1.97. The molecule has 2 aromatic rings. The zero-order valence-corrected chi connectivity index (χ0v) is 7.00. The number of rotatable bonds is 0. The van der Waals surface area contributed by atoms with Crippen LogP contribution in [0.2, 0.25) is 0 Å². The van der Waals surface area contributed by atoms with Crippen molar-refractivity contribution in [1.82, 2.24) is 14.6 Å². The first-order chi connectivity index (χ1) is 5.27. The van der Waals surface area contributed by atoms with Crippen LogP contribution in [-0.4, -0.2) is 14.6 Å². The molecule has 2 aromatic heterocycles. The Bertz CT molecular complexity index is 444. The van der Waals surface area contributed by atoms with Crippen molar-refractivity contribution in [3.05, 3.63) is 33.3 Å². The van der Waals surface area contributed by atoms with Gasteiger partial charge in [-0.25, -0.2) is 9.89 Å². The van der Waals surface area contributed by atoms with E-state index in [1.165, 1.54) is 4.40 Å². The summed E-state index contributed by atoms with van der Waals surface area (Å²) in [5.41, 5.74) is 0.400. The van der Waals surface area contributed by atoms with Crippen LogP contribution in [0.15, 0.2) is 27.6 Å². The lowest BCUT2D eigenvalue weighted by atomic mass is 10.5. The average molecular weight is 214 g/mol. The van der Waals surface area contributed by atoms with Gasteiger partial charge in [-0.1, -0.05) is 15.9 Å². The Kier molecular flexibility index (Phi) is 1.32. The summed E-state index contributed by atoms with van der Waals surface area (Å²) in [6, 6.07) is 3.54. The van der Waals surface area contributed by atoms with Gasteiger partial charge in [-0.2, -0.15) is 5.10 Å². The number of halogens is 1. The Morgan fingerprint density at radius 1 is 1.64 bits per heavy atom. The molecule has 0 atom stereocenters. The second kappa shape index (κ2) is 2.20. The maximum Gasteiger partial charge on any atom is 0.347 e. The minimum absolute atomic E-state index is 0.215. The van der Waals surface area contributed by atoms with Gasteiger partial charge in [-0.3, -0.25) is 4.40 Å². The average Bonchev–Trinajstić information content (AvgIpc) is 2.32. The lowest BCUT2D eigenvalue weighted by Crippen LogP contribution is -2.07. The molecular formula is C6H4BrN3O. The van der Waals surface area contributed by atoms with Crippen molar-refractivity contribution in [3.8, 4) is 0 Å². The molecule has 0 aliphatic rings. The van der Waals surface area contributed by atoms with Crippen LogP contribution >= 0.6 is 15.9 Å². The van der Waals surface area contributed by atoms with E-state index in [-0.39, 0.29) is 5.69 Å². The number of hydrogen-bond acceptors (Lipinski definition) is 2. The molecule has 11 heavy (non-hydrogen) atoms. The molecule has 0 aromatic carbocycles. The van der Waals surface area contributed by atoms with Crippen molar-refractivity contribution in [2.45, 2.75) is 0 Å². The standard InChI is InChI=1S/C6H4BrN3O/c7-4-1-2-10-5(3-4)8-9-6(10)11/h1-3H,(H,9,11). The molecule has 0 aliphatic carbocycles. The van der Waals surface area contributed by atoms with Gasteiger partial charge in [-0.15, -0.1) is 0 Å². The molecule has 0 spiro atoms. The molecule has 0 fully saturated rings. The first kappa shape index (κ1) is 6.60. The van der Waals surface area contributed by atoms with E-state index in [4.69, 9.17) is 0 Å². The number of pyridine rings is 1. The van der Waals surface area contributed by atoms with E-state index < -0.39 is 0 Å². The molecule has 0 unspecified atom stereocenters. The Morgan fingerprint density at radius 2 is 2.45 bits per heavy atom. The molecule has 0 saturated carbocycles. The van der Waals surface area contributed by atoms with E-state index in [2.05, 4.69) is 26.1 Å². The first-order valence-electron chi connectivity index (χ1n) is 3.00. The zero-order chi connectivity index (χ0) is 7.84. The summed E-state index contributed by atoms with van der Waals surface area (Å²) in [6.45, 7) is 0. The lowest BCUT2D eigenvalue weighted by Gasteiger charge is -1.89. The minimum Gasteiger partial charge on any atom is -0.250 e. The van der Waals surface area contributed by atoms with Crippen molar-refractivity contribution in [1.29, 1.82) is 0 Å². The van der Waals surface area contributed by atoms with Gasteiger partial charge in [-0.05, 0) is 12.1 Å². The molecule has 0 amide bonds. The van der Waals surface area contributed by atoms with Crippen LogP contribution < -0.4 is 5.69 Å². The van der Waals surface area contributed by atoms with Crippen LogP contribution in [-0.2, 0) is 0 Å². The second-order valence-corrected chi connectivity index (χ2v) is 3.02. The van der Waals surface area contributed by atoms with Crippen LogP contribution in [0.4, 0.5) is 0 Å². The number of hydrogen-bond donors (Lipinski definition) is 1. The quantitative estimate of drug-likeness (QED) is 0.704. The normalized spacial score (nSPS) is 10.6. The highest BCUT2D eigenvalue weighted by atomic mass is 79.9. The van der Waals surface area contributed by atoms with E-state index >= 15 is 0 Å². The summed E-state index contributed by atoms with van der Waals surface area (Å²) in [5.74, 6) is 0.